The van der Waals surface area contributed by atoms with Crippen LogP contribution in [-0.4, -0.2) is 48.0 Å². The van der Waals surface area contributed by atoms with E-state index in [-0.39, 0.29) is 11.7 Å². The van der Waals surface area contributed by atoms with Crippen molar-refractivity contribution in [3.05, 3.63) is 0 Å². The molecule has 1 unspecified atom stereocenters. The number of ether oxygens (including phenoxy) is 1. The molecule has 0 amide bonds. The zero-order chi connectivity index (χ0) is 10.0. The Morgan fingerprint density at radius 1 is 1.43 bits per heavy atom. The van der Waals surface area contributed by atoms with Gasteiger partial charge in [0.25, 0.3) is 0 Å². The van der Waals surface area contributed by atoms with E-state index >= 15 is 0 Å². The van der Waals surface area contributed by atoms with Crippen molar-refractivity contribution in [2.45, 2.75) is 44.3 Å². The van der Waals surface area contributed by atoms with Crippen molar-refractivity contribution in [3.8, 4) is 0 Å². The summed E-state index contributed by atoms with van der Waals surface area (Å²) in [6, 6.07) is 0. The van der Waals surface area contributed by atoms with Gasteiger partial charge in [0.15, 0.2) is 0 Å². The van der Waals surface area contributed by atoms with Crippen LogP contribution in [0.25, 0.3) is 0 Å². The van der Waals surface area contributed by atoms with Gasteiger partial charge in [-0.05, 0) is 25.8 Å². The van der Waals surface area contributed by atoms with Crippen LogP contribution in [0.3, 0.4) is 0 Å². The van der Waals surface area contributed by atoms with E-state index in [2.05, 4.69) is 11.8 Å². The summed E-state index contributed by atoms with van der Waals surface area (Å²) < 4.78 is 5.88. The van der Waals surface area contributed by atoms with Gasteiger partial charge < -0.3 is 14.7 Å². The molecule has 0 aromatic heterocycles. The number of hydrogen-bond donors (Lipinski definition) is 1. The average molecular weight is 199 g/mol. The molecule has 0 aromatic carbocycles. The molecule has 0 saturated carbocycles. The first-order chi connectivity index (χ1) is 6.74. The highest BCUT2D eigenvalue weighted by molar-refractivity contribution is 4.91. The van der Waals surface area contributed by atoms with Gasteiger partial charge in [-0.25, -0.2) is 0 Å². The summed E-state index contributed by atoms with van der Waals surface area (Å²) in [4.78, 5) is 2.45. The van der Waals surface area contributed by atoms with Crippen molar-refractivity contribution in [1.82, 2.24) is 4.90 Å². The number of hydrogen-bond acceptors (Lipinski definition) is 3. The Morgan fingerprint density at radius 3 is 2.71 bits per heavy atom. The SMILES string of the molecule is CCN1CCC2(CC1)CC(O)CCO2. The maximum atomic E-state index is 9.66. The first kappa shape index (κ1) is 10.4. The first-order valence-electron chi connectivity index (χ1n) is 5.78. The molecule has 2 aliphatic rings. The Morgan fingerprint density at radius 2 is 2.14 bits per heavy atom. The number of piperidine rings is 1. The summed E-state index contributed by atoms with van der Waals surface area (Å²) in [6.45, 7) is 6.34. The zero-order valence-corrected chi connectivity index (χ0v) is 9.04. The van der Waals surface area contributed by atoms with Crippen LogP contribution in [0.15, 0.2) is 0 Å². The molecule has 1 spiro atoms. The van der Waals surface area contributed by atoms with E-state index in [1.54, 1.807) is 0 Å². The third kappa shape index (κ3) is 2.10. The lowest BCUT2D eigenvalue weighted by Gasteiger charge is -2.45. The molecule has 2 heterocycles. The van der Waals surface area contributed by atoms with Crippen molar-refractivity contribution in [1.29, 1.82) is 0 Å². The van der Waals surface area contributed by atoms with Gasteiger partial charge in [0.2, 0.25) is 0 Å². The fourth-order valence-electron chi connectivity index (χ4n) is 2.63. The molecule has 0 aliphatic carbocycles. The first-order valence-corrected chi connectivity index (χ1v) is 5.78. The van der Waals surface area contributed by atoms with E-state index in [4.69, 9.17) is 4.74 Å². The van der Waals surface area contributed by atoms with Crippen molar-refractivity contribution in [2.75, 3.05) is 26.2 Å². The topological polar surface area (TPSA) is 32.7 Å². The Balaban J connectivity index is 1.91. The predicted octanol–water partition coefficient (Wildman–Crippen LogP) is 1.01. The van der Waals surface area contributed by atoms with Gasteiger partial charge in [-0.2, -0.15) is 0 Å². The fraction of sp³-hybridized carbons (Fsp3) is 1.00. The lowest BCUT2D eigenvalue weighted by atomic mass is 9.83. The largest absolute Gasteiger partial charge is 0.393 e. The Bertz CT molecular complexity index is 188. The zero-order valence-electron chi connectivity index (χ0n) is 9.04. The van der Waals surface area contributed by atoms with Crippen LogP contribution in [0.2, 0.25) is 0 Å². The van der Waals surface area contributed by atoms with Gasteiger partial charge in [0, 0.05) is 26.1 Å². The average Bonchev–Trinajstić information content (AvgIpc) is 2.19. The quantitative estimate of drug-likeness (QED) is 0.684. The maximum absolute atomic E-state index is 9.66. The van der Waals surface area contributed by atoms with Crippen LogP contribution in [0.5, 0.6) is 0 Å². The van der Waals surface area contributed by atoms with Crippen molar-refractivity contribution >= 4 is 0 Å². The maximum Gasteiger partial charge on any atom is 0.0731 e. The Kier molecular flexibility index (Phi) is 3.10. The molecule has 0 bridgehead atoms. The molecule has 1 atom stereocenters. The van der Waals surface area contributed by atoms with E-state index in [1.807, 2.05) is 0 Å². The van der Waals surface area contributed by atoms with Gasteiger partial charge in [0.05, 0.1) is 11.7 Å². The second-order valence-electron chi connectivity index (χ2n) is 4.61. The second kappa shape index (κ2) is 4.17. The third-order valence-corrected chi connectivity index (χ3v) is 3.68. The molecule has 0 aromatic rings. The number of rotatable bonds is 1. The van der Waals surface area contributed by atoms with E-state index in [1.165, 1.54) is 0 Å². The smallest absolute Gasteiger partial charge is 0.0731 e. The molecule has 0 radical (unpaired) electrons. The monoisotopic (exact) mass is 199 g/mol. The number of aliphatic hydroxyl groups is 1. The van der Waals surface area contributed by atoms with Crippen molar-refractivity contribution in [2.24, 2.45) is 0 Å². The highest BCUT2D eigenvalue weighted by Crippen LogP contribution is 2.34. The lowest BCUT2D eigenvalue weighted by molar-refractivity contribution is -0.142. The standard InChI is InChI=1S/C11H21NO2/c1-2-12-6-4-11(5-7-12)9-10(13)3-8-14-11/h10,13H,2-9H2,1H3. The molecule has 14 heavy (non-hydrogen) atoms. The molecule has 3 nitrogen and oxygen atoms in total. The Labute approximate surface area is 86.0 Å². The minimum Gasteiger partial charge on any atom is -0.393 e. The normalized spacial score (nSPS) is 33.4. The molecule has 82 valence electrons. The third-order valence-electron chi connectivity index (χ3n) is 3.68. The fourth-order valence-corrected chi connectivity index (χ4v) is 2.63. The molecule has 1 N–H and O–H groups in total. The summed E-state index contributed by atoms with van der Waals surface area (Å²) in [5.74, 6) is 0. The highest BCUT2D eigenvalue weighted by Gasteiger charge is 2.39. The van der Waals surface area contributed by atoms with Gasteiger partial charge >= 0.3 is 0 Å². The second-order valence-corrected chi connectivity index (χ2v) is 4.61. The van der Waals surface area contributed by atoms with E-state index in [9.17, 15) is 5.11 Å². The van der Waals surface area contributed by atoms with Crippen LogP contribution in [0, 0.1) is 0 Å². The molecule has 2 aliphatic heterocycles. The van der Waals surface area contributed by atoms with Crippen LogP contribution in [0.4, 0.5) is 0 Å². The summed E-state index contributed by atoms with van der Waals surface area (Å²) in [5.41, 5.74) is 0.0172. The van der Waals surface area contributed by atoms with Crippen LogP contribution in [0.1, 0.15) is 32.6 Å². The predicted molar refractivity (Wildman–Crippen MR) is 55.3 cm³/mol. The van der Waals surface area contributed by atoms with Crippen LogP contribution in [-0.2, 0) is 4.74 Å². The summed E-state index contributed by atoms with van der Waals surface area (Å²) in [5, 5.41) is 9.66. The van der Waals surface area contributed by atoms with Crippen LogP contribution < -0.4 is 0 Å². The molecule has 2 saturated heterocycles. The highest BCUT2D eigenvalue weighted by atomic mass is 16.5. The minimum atomic E-state index is -0.128. The summed E-state index contributed by atoms with van der Waals surface area (Å²) in [7, 11) is 0. The number of likely N-dealkylation sites (tertiary alicyclic amines) is 1. The number of aliphatic hydroxyl groups excluding tert-OH is 1. The van der Waals surface area contributed by atoms with Crippen molar-refractivity contribution < 1.29 is 9.84 Å². The molecular weight excluding hydrogens is 178 g/mol. The van der Waals surface area contributed by atoms with Gasteiger partial charge in [-0.3, -0.25) is 0 Å². The summed E-state index contributed by atoms with van der Waals surface area (Å²) in [6.07, 6.45) is 3.73. The van der Waals surface area contributed by atoms with Crippen molar-refractivity contribution in [3.63, 3.8) is 0 Å². The van der Waals surface area contributed by atoms with Gasteiger partial charge in [-0.15, -0.1) is 0 Å². The van der Waals surface area contributed by atoms with E-state index in [0.29, 0.717) is 0 Å². The van der Waals surface area contributed by atoms with E-state index in [0.717, 1.165) is 51.9 Å². The summed E-state index contributed by atoms with van der Waals surface area (Å²) >= 11 is 0. The molecule has 3 heteroatoms. The molecule has 2 fully saturated rings. The van der Waals surface area contributed by atoms with Gasteiger partial charge in [0.1, 0.15) is 0 Å². The minimum absolute atomic E-state index is 0.0172. The van der Waals surface area contributed by atoms with Gasteiger partial charge in [-0.1, -0.05) is 6.92 Å². The molecular formula is C11H21NO2. The molecule has 2 rings (SSSR count). The lowest BCUT2D eigenvalue weighted by Crippen LogP contribution is -2.50. The number of nitrogens with zero attached hydrogens (tertiary/aromatic N) is 1. The van der Waals surface area contributed by atoms with Crippen LogP contribution >= 0.6 is 0 Å². The Hall–Kier alpha value is -0.120. The van der Waals surface area contributed by atoms with E-state index < -0.39 is 0 Å².